The molecule has 2 aromatic rings. The minimum absolute atomic E-state index is 0.0261. The van der Waals surface area contributed by atoms with Gasteiger partial charge in [-0.15, -0.1) is 0 Å². The lowest BCUT2D eigenvalue weighted by atomic mass is 9.89. The maximum absolute atomic E-state index is 12.4. The molecule has 3 rings (SSSR count). The highest BCUT2D eigenvalue weighted by molar-refractivity contribution is 7.98. The summed E-state index contributed by atoms with van der Waals surface area (Å²) in [6.07, 6.45) is 8.41. The van der Waals surface area contributed by atoms with E-state index in [9.17, 15) is 9.59 Å². The van der Waals surface area contributed by atoms with Crippen LogP contribution < -0.4 is 10.1 Å². The molecule has 1 aliphatic rings. The van der Waals surface area contributed by atoms with Crippen molar-refractivity contribution in [2.45, 2.75) is 44.2 Å². The summed E-state index contributed by atoms with van der Waals surface area (Å²) in [6, 6.07) is 7.06. The van der Waals surface area contributed by atoms with E-state index in [1.807, 2.05) is 12.3 Å². The largest absolute Gasteiger partial charge is 0.462 e. The van der Waals surface area contributed by atoms with Gasteiger partial charge >= 0.3 is 11.9 Å². The molecule has 0 spiro atoms. The number of carbonyl (C=O) groups excluding carboxylic acids is 2. The minimum atomic E-state index is -0.498. The van der Waals surface area contributed by atoms with Crippen LogP contribution in [0.5, 0.6) is 5.75 Å². The SMILES string of the molecule is CCOC(=O)c1cnc(SC)nc1Nc1cccc(OC(=O)C2CCCCC2)c1. The van der Waals surface area contributed by atoms with E-state index in [0.717, 1.165) is 25.7 Å². The van der Waals surface area contributed by atoms with Crippen molar-refractivity contribution in [3.63, 3.8) is 0 Å². The van der Waals surface area contributed by atoms with Gasteiger partial charge in [-0.05, 0) is 38.2 Å². The summed E-state index contributed by atoms with van der Waals surface area (Å²) in [4.78, 5) is 33.2. The summed E-state index contributed by atoms with van der Waals surface area (Å²) in [7, 11) is 0. The molecule has 1 aromatic heterocycles. The lowest BCUT2D eigenvalue weighted by molar-refractivity contribution is -0.139. The van der Waals surface area contributed by atoms with Crippen molar-refractivity contribution in [1.29, 1.82) is 0 Å². The van der Waals surface area contributed by atoms with E-state index < -0.39 is 5.97 Å². The smallest absolute Gasteiger partial charge is 0.343 e. The monoisotopic (exact) mass is 415 g/mol. The summed E-state index contributed by atoms with van der Waals surface area (Å²) in [5, 5.41) is 3.65. The minimum Gasteiger partial charge on any atom is -0.462 e. The molecule has 1 aromatic carbocycles. The number of esters is 2. The van der Waals surface area contributed by atoms with Gasteiger partial charge in [0.1, 0.15) is 17.1 Å². The number of hydrogen-bond donors (Lipinski definition) is 1. The third-order valence-electron chi connectivity index (χ3n) is 4.70. The van der Waals surface area contributed by atoms with E-state index in [0.29, 0.717) is 22.4 Å². The second kappa shape index (κ2) is 10.2. The maximum Gasteiger partial charge on any atom is 0.343 e. The van der Waals surface area contributed by atoms with Gasteiger partial charge in [0.15, 0.2) is 5.16 Å². The highest BCUT2D eigenvalue weighted by atomic mass is 32.2. The first-order valence-electron chi connectivity index (χ1n) is 9.77. The molecule has 0 aliphatic heterocycles. The molecule has 0 bridgehead atoms. The van der Waals surface area contributed by atoms with Crippen LogP contribution in [0.1, 0.15) is 49.4 Å². The van der Waals surface area contributed by atoms with E-state index in [1.165, 1.54) is 24.4 Å². The molecular weight excluding hydrogens is 390 g/mol. The van der Waals surface area contributed by atoms with E-state index in [-0.39, 0.29) is 24.1 Å². The second-order valence-corrected chi connectivity index (χ2v) is 7.52. The molecule has 1 heterocycles. The highest BCUT2D eigenvalue weighted by Crippen LogP contribution is 2.28. The Balaban J connectivity index is 1.77. The van der Waals surface area contributed by atoms with Crippen molar-refractivity contribution < 1.29 is 19.1 Å². The molecule has 1 saturated carbocycles. The predicted octanol–water partition coefficient (Wildman–Crippen LogP) is 4.60. The normalized spacial score (nSPS) is 14.3. The van der Waals surface area contributed by atoms with Gasteiger partial charge in [-0.1, -0.05) is 37.1 Å². The molecule has 154 valence electrons. The van der Waals surface area contributed by atoms with Crippen LogP contribution in [-0.4, -0.2) is 34.8 Å². The molecule has 0 amide bonds. The van der Waals surface area contributed by atoms with Gasteiger partial charge in [0.05, 0.1) is 12.5 Å². The number of carbonyl (C=O) groups is 2. The van der Waals surface area contributed by atoms with Crippen molar-refractivity contribution in [1.82, 2.24) is 9.97 Å². The van der Waals surface area contributed by atoms with Gasteiger partial charge in [0.25, 0.3) is 0 Å². The summed E-state index contributed by atoms with van der Waals surface area (Å²) in [5.41, 5.74) is 0.893. The van der Waals surface area contributed by atoms with Crippen LogP contribution in [0.3, 0.4) is 0 Å². The molecular formula is C21H25N3O4S. The number of benzene rings is 1. The molecule has 1 fully saturated rings. The zero-order valence-electron chi connectivity index (χ0n) is 16.6. The van der Waals surface area contributed by atoms with Crippen LogP contribution >= 0.6 is 11.8 Å². The summed E-state index contributed by atoms with van der Waals surface area (Å²) < 4.78 is 10.7. The number of thioether (sulfide) groups is 1. The van der Waals surface area contributed by atoms with E-state index in [4.69, 9.17) is 9.47 Å². The lowest BCUT2D eigenvalue weighted by Gasteiger charge is -2.20. The fourth-order valence-electron chi connectivity index (χ4n) is 3.23. The number of anilines is 2. The molecule has 0 unspecified atom stereocenters. The van der Waals surface area contributed by atoms with Crippen LogP contribution in [-0.2, 0) is 9.53 Å². The standard InChI is InChI=1S/C21H25N3O4S/c1-3-27-20(26)17-13-22-21(29-2)24-18(17)23-15-10-7-11-16(12-15)28-19(25)14-8-5-4-6-9-14/h7,10-14H,3-6,8-9H2,1-2H3,(H,22,23,24). The van der Waals surface area contributed by atoms with Gasteiger partial charge in [-0.25, -0.2) is 14.8 Å². The van der Waals surface area contributed by atoms with Gasteiger partial charge in [-0.3, -0.25) is 4.79 Å². The Morgan fingerprint density at radius 2 is 2.03 bits per heavy atom. The van der Waals surface area contributed by atoms with Crippen LogP contribution in [0.15, 0.2) is 35.6 Å². The molecule has 0 atom stereocenters. The van der Waals surface area contributed by atoms with Gasteiger partial charge in [0, 0.05) is 18.0 Å². The maximum atomic E-state index is 12.4. The number of ether oxygens (including phenoxy) is 2. The Bertz CT molecular complexity index is 869. The van der Waals surface area contributed by atoms with E-state index in [2.05, 4.69) is 15.3 Å². The fourth-order valence-corrected chi connectivity index (χ4v) is 3.57. The summed E-state index contributed by atoms with van der Waals surface area (Å²) >= 11 is 1.37. The van der Waals surface area contributed by atoms with Crippen LogP contribution in [0.25, 0.3) is 0 Å². The number of rotatable bonds is 7. The highest BCUT2D eigenvalue weighted by Gasteiger charge is 2.23. The number of aromatic nitrogens is 2. The van der Waals surface area contributed by atoms with Gasteiger partial charge < -0.3 is 14.8 Å². The van der Waals surface area contributed by atoms with E-state index in [1.54, 1.807) is 25.1 Å². The van der Waals surface area contributed by atoms with Gasteiger partial charge in [0.2, 0.25) is 0 Å². The third-order valence-corrected chi connectivity index (χ3v) is 5.26. The van der Waals surface area contributed by atoms with Crippen molar-refractivity contribution in [2.75, 3.05) is 18.2 Å². The summed E-state index contributed by atoms with van der Waals surface area (Å²) in [5.74, 6) is 0.103. The Kier molecular flexibility index (Phi) is 7.46. The van der Waals surface area contributed by atoms with Crippen LogP contribution in [0, 0.1) is 5.92 Å². The Morgan fingerprint density at radius 3 is 2.76 bits per heavy atom. The zero-order chi connectivity index (χ0) is 20.6. The molecule has 7 nitrogen and oxygen atoms in total. The van der Waals surface area contributed by atoms with Crippen molar-refractivity contribution in [3.8, 4) is 5.75 Å². The topological polar surface area (TPSA) is 90.4 Å². The molecule has 29 heavy (non-hydrogen) atoms. The Hall–Kier alpha value is -2.61. The van der Waals surface area contributed by atoms with Crippen molar-refractivity contribution in [3.05, 3.63) is 36.0 Å². The Labute approximate surface area is 174 Å². The molecule has 1 aliphatic carbocycles. The predicted molar refractivity (Wildman–Crippen MR) is 112 cm³/mol. The number of nitrogens with zero attached hydrogens (tertiary/aromatic N) is 2. The van der Waals surface area contributed by atoms with E-state index >= 15 is 0 Å². The van der Waals surface area contributed by atoms with Crippen LogP contribution in [0.4, 0.5) is 11.5 Å². The zero-order valence-corrected chi connectivity index (χ0v) is 17.5. The lowest BCUT2D eigenvalue weighted by Crippen LogP contribution is -2.22. The molecule has 8 heteroatoms. The van der Waals surface area contributed by atoms with Crippen molar-refractivity contribution >= 4 is 35.2 Å². The Morgan fingerprint density at radius 1 is 1.24 bits per heavy atom. The fraction of sp³-hybridized carbons (Fsp3) is 0.429. The third kappa shape index (κ3) is 5.69. The summed E-state index contributed by atoms with van der Waals surface area (Å²) in [6.45, 7) is 2.00. The first kappa shape index (κ1) is 21.1. The first-order chi connectivity index (χ1) is 14.1. The van der Waals surface area contributed by atoms with Crippen LogP contribution in [0.2, 0.25) is 0 Å². The number of hydrogen-bond acceptors (Lipinski definition) is 8. The molecule has 1 N–H and O–H groups in total. The quantitative estimate of drug-likeness (QED) is 0.304. The van der Waals surface area contributed by atoms with Crippen molar-refractivity contribution in [2.24, 2.45) is 5.92 Å². The number of nitrogens with one attached hydrogen (secondary N) is 1. The first-order valence-corrected chi connectivity index (χ1v) is 11.0. The molecule has 0 radical (unpaired) electrons. The average Bonchev–Trinajstić information content (AvgIpc) is 2.74. The van der Waals surface area contributed by atoms with Gasteiger partial charge in [-0.2, -0.15) is 0 Å². The molecule has 0 saturated heterocycles. The average molecular weight is 416 g/mol. The second-order valence-electron chi connectivity index (χ2n) is 6.75.